The summed E-state index contributed by atoms with van der Waals surface area (Å²) in [6, 6.07) is 11.7. The topological polar surface area (TPSA) is 17.1 Å². The van der Waals surface area contributed by atoms with Gasteiger partial charge in [0.05, 0.1) is 0 Å². The third-order valence-electron chi connectivity index (χ3n) is 2.25. The SMILES string of the molecule is CC(=O)c1ccc(Br)c2ccccc12. The molecule has 0 heterocycles. The molecule has 14 heavy (non-hydrogen) atoms. The molecule has 0 aliphatic carbocycles. The van der Waals surface area contributed by atoms with Gasteiger partial charge in [0.1, 0.15) is 0 Å². The van der Waals surface area contributed by atoms with Crippen LogP contribution < -0.4 is 0 Å². The average molecular weight is 249 g/mol. The molecule has 2 aromatic rings. The Morgan fingerprint density at radius 2 is 1.71 bits per heavy atom. The fourth-order valence-electron chi connectivity index (χ4n) is 1.57. The van der Waals surface area contributed by atoms with Crippen LogP contribution in [0.4, 0.5) is 0 Å². The lowest BCUT2D eigenvalue weighted by Gasteiger charge is -2.04. The number of Topliss-reactive ketones (excluding diaryl/α,β-unsaturated/α-hetero) is 1. The number of ketones is 1. The number of carbonyl (C=O) groups excluding carboxylic acids is 1. The lowest BCUT2D eigenvalue weighted by molar-refractivity contribution is 0.101. The molecule has 0 amide bonds. The minimum absolute atomic E-state index is 0.105. The van der Waals surface area contributed by atoms with Gasteiger partial charge in [0.15, 0.2) is 5.78 Å². The normalized spacial score (nSPS) is 10.4. The third-order valence-corrected chi connectivity index (χ3v) is 2.94. The maximum Gasteiger partial charge on any atom is 0.160 e. The summed E-state index contributed by atoms with van der Waals surface area (Å²) in [5.41, 5.74) is 0.781. The van der Waals surface area contributed by atoms with E-state index in [9.17, 15) is 4.79 Å². The number of rotatable bonds is 1. The van der Waals surface area contributed by atoms with Gasteiger partial charge in [-0.15, -0.1) is 0 Å². The molecule has 0 aliphatic heterocycles. The van der Waals surface area contributed by atoms with Gasteiger partial charge in [0, 0.05) is 10.0 Å². The van der Waals surface area contributed by atoms with E-state index in [1.165, 1.54) is 0 Å². The molecule has 2 heteroatoms. The summed E-state index contributed by atoms with van der Waals surface area (Å²) in [4.78, 5) is 11.4. The van der Waals surface area contributed by atoms with Crippen LogP contribution >= 0.6 is 15.9 Å². The van der Waals surface area contributed by atoms with Gasteiger partial charge < -0.3 is 0 Å². The first kappa shape index (κ1) is 9.41. The first-order valence-corrected chi connectivity index (χ1v) is 5.17. The molecule has 2 aromatic carbocycles. The van der Waals surface area contributed by atoms with Crippen molar-refractivity contribution in [2.45, 2.75) is 6.92 Å². The first-order valence-electron chi connectivity index (χ1n) is 4.38. The van der Waals surface area contributed by atoms with Crippen molar-refractivity contribution in [1.82, 2.24) is 0 Å². The van der Waals surface area contributed by atoms with E-state index < -0.39 is 0 Å². The molecule has 0 saturated heterocycles. The van der Waals surface area contributed by atoms with Crippen molar-refractivity contribution in [3.05, 3.63) is 46.4 Å². The zero-order valence-electron chi connectivity index (χ0n) is 7.75. The molecule has 1 nitrogen and oxygen atoms in total. The number of benzene rings is 2. The highest BCUT2D eigenvalue weighted by Gasteiger charge is 2.06. The Kier molecular flexibility index (Phi) is 2.38. The van der Waals surface area contributed by atoms with Gasteiger partial charge in [-0.05, 0) is 29.8 Å². The highest BCUT2D eigenvalue weighted by Crippen LogP contribution is 2.26. The quantitative estimate of drug-likeness (QED) is 0.702. The van der Waals surface area contributed by atoms with Crippen LogP contribution in [0, 0.1) is 0 Å². The van der Waals surface area contributed by atoms with Gasteiger partial charge in [-0.3, -0.25) is 4.79 Å². The van der Waals surface area contributed by atoms with Crippen LogP contribution in [0.1, 0.15) is 17.3 Å². The summed E-state index contributed by atoms with van der Waals surface area (Å²) in [6.45, 7) is 1.59. The predicted molar refractivity (Wildman–Crippen MR) is 61.7 cm³/mol. The summed E-state index contributed by atoms with van der Waals surface area (Å²) < 4.78 is 1.03. The van der Waals surface area contributed by atoms with Crippen LogP contribution in [0.15, 0.2) is 40.9 Å². The van der Waals surface area contributed by atoms with Crippen molar-refractivity contribution in [1.29, 1.82) is 0 Å². The van der Waals surface area contributed by atoms with E-state index in [0.717, 1.165) is 20.8 Å². The Morgan fingerprint density at radius 1 is 1.07 bits per heavy atom. The smallest absolute Gasteiger partial charge is 0.160 e. The molecule has 0 aromatic heterocycles. The molecule has 0 bridgehead atoms. The van der Waals surface area contributed by atoms with Crippen LogP contribution in [0.3, 0.4) is 0 Å². The Bertz CT molecular complexity index is 503. The zero-order valence-corrected chi connectivity index (χ0v) is 9.34. The Labute approximate surface area is 90.9 Å². The highest BCUT2D eigenvalue weighted by molar-refractivity contribution is 9.10. The number of carbonyl (C=O) groups is 1. The zero-order chi connectivity index (χ0) is 10.1. The van der Waals surface area contributed by atoms with Gasteiger partial charge in [-0.25, -0.2) is 0 Å². The maximum absolute atomic E-state index is 11.4. The van der Waals surface area contributed by atoms with E-state index in [1.807, 2.05) is 36.4 Å². The van der Waals surface area contributed by atoms with Crippen molar-refractivity contribution in [3.63, 3.8) is 0 Å². The van der Waals surface area contributed by atoms with Gasteiger partial charge in [-0.2, -0.15) is 0 Å². The fourth-order valence-corrected chi connectivity index (χ4v) is 2.05. The predicted octanol–water partition coefficient (Wildman–Crippen LogP) is 3.80. The summed E-state index contributed by atoms with van der Waals surface area (Å²) in [5, 5.41) is 2.09. The summed E-state index contributed by atoms with van der Waals surface area (Å²) in [6.07, 6.45) is 0. The van der Waals surface area contributed by atoms with E-state index >= 15 is 0 Å². The summed E-state index contributed by atoms with van der Waals surface area (Å²) in [7, 11) is 0. The van der Waals surface area contributed by atoms with E-state index in [0.29, 0.717) is 0 Å². The molecule has 2 rings (SSSR count). The number of fused-ring (bicyclic) bond motifs is 1. The van der Waals surface area contributed by atoms with E-state index in [2.05, 4.69) is 15.9 Å². The monoisotopic (exact) mass is 248 g/mol. The van der Waals surface area contributed by atoms with Gasteiger partial charge >= 0.3 is 0 Å². The largest absolute Gasteiger partial charge is 0.294 e. The molecule has 0 radical (unpaired) electrons. The summed E-state index contributed by atoms with van der Waals surface area (Å²) >= 11 is 3.47. The Morgan fingerprint density at radius 3 is 2.36 bits per heavy atom. The highest BCUT2D eigenvalue weighted by atomic mass is 79.9. The molecular formula is C12H9BrO. The molecular weight excluding hydrogens is 240 g/mol. The van der Waals surface area contributed by atoms with Gasteiger partial charge in [0.2, 0.25) is 0 Å². The average Bonchev–Trinajstić information content (AvgIpc) is 2.18. The Hall–Kier alpha value is -1.15. The molecule has 0 atom stereocenters. The molecule has 0 unspecified atom stereocenters. The molecule has 0 spiro atoms. The Balaban J connectivity index is 2.88. The van der Waals surface area contributed by atoms with Crippen molar-refractivity contribution in [2.75, 3.05) is 0 Å². The second-order valence-corrected chi connectivity index (χ2v) is 4.05. The molecule has 0 fully saturated rings. The fraction of sp³-hybridized carbons (Fsp3) is 0.0833. The van der Waals surface area contributed by atoms with Crippen LogP contribution in [0.5, 0.6) is 0 Å². The second kappa shape index (κ2) is 3.54. The van der Waals surface area contributed by atoms with Crippen LogP contribution in [0.25, 0.3) is 10.8 Å². The molecule has 0 saturated carbocycles. The van der Waals surface area contributed by atoms with Crippen molar-refractivity contribution in [2.24, 2.45) is 0 Å². The first-order chi connectivity index (χ1) is 6.70. The second-order valence-electron chi connectivity index (χ2n) is 3.20. The standard InChI is InChI=1S/C12H9BrO/c1-8(14)9-6-7-12(13)11-5-3-2-4-10(9)11/h2-7H,1H3. The lowest BCUT2D eigenvalue weighted by Crippen LogP contribution is -1.93. The number of hydrogen-bond donors (Lipinski definition) is 0. The van der Waals surface area contributed by atoms with Crippen LogP contribution in [0.2, 0.25) is 0 Å². The summed E-state index contributed by atoms with van der Waals surface area (Å²) in [5.74, 6) is 0.105. The number of hydrogen-bond acceptors (Lipinski definition) is 1. The third kappa shape index (κ3) is 1.46. The maximum atomic E-state index is 11.4. The minimum atomic E-state index is 0.105. The van der Waals surface area contributed by atoms with Crippen molar-refractivity contribution >= 4 is 32.5 Å². The van der Waals surface area contributed by atoms with E-state index in [1.54, 1.807) is 6.92 Å². The van der Waals surface area contributed by atoms with E-state index in [-0.39, 0.29) is 5.78 Å². The van der Waals surface area contributed by atoms with Crippen molar-refractivity contribution in [3.8, 4) is 0 Å². The molecule has 70 valence electrons. The van der Waals surface area contributed by atoms with Crippen LogP contribution in [-0.4, -0.2) is 5.78 Å². The molecule has 0 aliphatic rings. The molecule has 0 N–H and O–H groups in total. The van der Waals surface area contributed by atoms with Gasteiger partial charge in [-0.1, -0.05) is 40.2 Å². The van der Waals surface area contributed by atoms with Crippen LogP contribution in [-0.2, 0) is 0 Å². The lowest BCUT2D eigenvalue weighted by atomic mass is 10.0. The number of halogens is 1. The minimum Gasteiger partial charge on any atom is -0.294 e. The van der Waals surface area contributed by atoms with E-state index in [4.69, 9.17) is 0 Å². The van der Waals surface area contributed by atoms with Gasteiger partial charge in [0.25, 0.3) is 0 Å². The van der Waals surface area contributed by atoms with Crippen molar-refractivity contribution < 1.29 is 4.79 Å².